The van der Waals surface area contributed by atoms with Gasteiger partial charge < -0.3 is 4.90 Å². The molecule has 0 saturated heterocycles. The number of ketones is 1. The number of alkyl halides is 1. The molecular weight excluding hydrogens is 250 g/mol. The molecule has 0 spiro atoms. The van der Waals surface area contributed by atoms with Crippen LogP contribution in [0, 0.1) is 5.82 Å². The summed E-state index contributed by atoms with van der Waals surface area (Å²) in [7, 11) is 0. The number of halogens is 2. The Morgan fingerprint density at radius 1 is 1.32 bits per heavy atom. The van der Waals surface area contributed by atoms with Crippen LogP contribution in [0.5, 0.6) is 0 Å². The summed E-state index contributed by atoms with van der Waals surface area (Å²) in [6.07, 6.45) is -1.83. The molecule has 1 atom stereocenters. The average Bonchev–Trinajstić information content (AvgIpc) is 2.40. The van der Waals surface area contributed by atoms with Crippen LogP contribution in [0.1, 0.15) is 20.8 Å². The van der Waals surface area contributed by atoms with Crippen molar-refractivity contribution >= 4 is 17.3 Å². The summed E-state index contributed by atoms with van der Waals surface area (Å²) in [5.74, 6) is -1.22. The molecule has 0 radical (unpaired) electrons. The van der Waals surface area contributed by atoms with Crippen LogP contribution in [-0.2, 0) is 4.79 Å². The maximum atomic E-state index is 14.0. The molecule has 1 rings (SSSR count). The van der Waals surface area contributed by atoms with Crippen molar-refractivity contribution in [2.75, 3.05) is 13.1 Å². The number of carbonyl (C=O) groups is 1. The molecule has 104 valence electrons. The first kappa shape index (κ1) is 15.3. The highest BCUT2D eigenvalue weighted by Crippen LogP contribution is 2.19. The molecule has 0 fully saturated rings. The molecule has 3 nitrogen and oxygen atoms in total. The van der Waals surface area contributed by atoms with Crippen LogP contribution in [0.2, 0.25) is 0 Å². The fourth-order valence-electron chi connectivity index (χ4n) is 1.68. The number of Topliss-reactive ketones (excluding diaryl/α,β-unsaturated/α-hetero) is 1. The highest BCUT2D eigenvalue weighted by Gasteiger charge is 2.24. The molecule has 0 aromatic heterocycles. The molecule has 0 heterocycles. The fourth-order valence-corrected chi connectivity index (χ4v) is 1.68. The normalized spacial score (nSPS) is 13.2. The number of carbonyl (C=O) groups excluding carboxylic acids is 1. The van der Waals surface area contributed by atoms with E-state index >= 15 is 0 Å². The number of rotatable bonds is 5. The quantitative estimate of drug-likeness (QED) is 0.607. The van der Waals surface area contributed by atoms with Crippen LogP contribution >= 0.6 is 0 Å². The minimum Gasteiger partial charge on any atom is -0.358 e. The Morgan fingerprint density at radius 3 is 2.37 bits per heavy atom. The molecular formula is C14H18F2N2O. The third-order valence-corrected chi connectivity index (χ3v) is 2.76. The fraction of sp³-hybridized carbons (Fsp3) is 0.429. The van der Waals surface area contributed by atoms with Crippen molar-refractivity contribution in [2.24, 2.45) is 4.99 Å². The molecule has 0 bridgehead atoms. The van der Waals surface area contributed by atoms with Crippen molar-refractivity contribution in [3.8, 4) is 0 Å². The summed E-state index contributed by atoms with van der Waals surface area (Å²) >= 11 is 0. The van der Waals surface area contributed by atoms with E-state index in [1.165, 1.54) is 18.2 Å². The third kappa shape index (κ3) is 3.84. The largest absolute Gasteiger partial charge is 0.358 e. The summed E-state index contributed by atoms with van der Waals surface area (Å²) < 4.78 is 27.5. The number of para-hydroxylation sites is 1. The second-order valence-corrected chi connectivity index (χ2v) is 4.07. The molecule has 5 heteroatoms. The Labute approximate surface area is 111 Å². The van der Waals surface area contributed by atoms with Crippen LogP contribution < -0.4 is 0 Å². The standard InChI is InChI=1S/C14H18F2N2O/c1-4-18(5-2)14(13(16)10(3)19)17-12-9-7-6-8-11(12)15/h6-9,13H,4-5H2,1-3H3/b17-14+. The van der Waals surface area contributed by atoms with Crippen molar-refractivity contribution in [2.45, 2.75) is 26.9 Å². The van der Waals surface area contributed by atoms with E-state index in [1.807, 2.05) is 13.8 Å². The van der Waals surface area contributed by atoms with E-state index in [-0.39, 0.29) is 11.5 Å². The van der Waals surface area contributed by atoms with Gasteiger partial charge in [0.25, 0.3) is 0 Å². The zero-order chi connectivity index (χ0) is 14.4. The predicted octanol–water partition coefficient (Wildman–Crippen LogP) is 3.12. The highest BCUT2D eigenvalue weighted by molar-refractivity contribution is 6.06. The SMILES string of the molecule is CCN(CC)/C(=N/c1ccccc1F)C(F)C(C)=O. The van der Waals surface area contributed by atoms with Gasteiger partial charge in [0.1, 0.15) is 17.3 Å². The summed E-state index contributed by atoms with van der Waals surface area (Å²) in [5.41, 5.74) is 0.0355. The minimum absolute atomic E-state index is 0.0355. The molecule has 0 aliphatic carbocycles. The predicted molar refractivity (Wildman–Crippen MR) is 72.0 cm³/mol. The minimum atomic E-state index is -1.83. The Bertz CT molecular complexity index is 470. The lowest BCUT2D eigenvalue weighted by Gasteiger charge is -2.24. The highest BCUT2D eigenvalue weighted by atomic mass is 19.1. The number of benzene rings is 1. The second-order valence-electron chi connectivity index (χ2n) is 4.07. The van der Waals surface area contributed by atoms with Gasteiger partial charge in [0.15, 0.2) is 5.78 Å². The first-order chi connectivity index (χ1) is 9.01. The maximum absolute atomic E-state index is 14.0. The number of amidine groups is 1. The summed E-state index contributed by atoms with van der Waals surface area (Å²) in [6, 6.07) is 5.84. The monoisotopic (exact) mass is 268 g/mol. The number of nitrogens with zero attached hydrogens (tertiary/aromatic N) is 2. The lowest BCUT2D eigenvalue weighted by Crippen LogP contribution is -2.40. The summed E-state index contributed by atoms with van der Waals surface area (Å²) in [5, 5.41) is 0. The van der Waals surface area contributed by atoms with Crippen molar-refractivity contribution < 1.29 is 13.6 Å². The van der Waals surface area contributed by atoms with E-state index < -0.39 is 17.8 Å². The molecule has 0 aliphatic rings. The van der Waals surface area contributed by atoms with E-state index in [0.29, 0.717) is 13.1 Å². The van der Waals surface area contributed by atoms with Crippen molar-refractivity contribution in [3.05, 3.63) is 30.1 Å². The Kier molecular flexibility index (Phi) is 5.60. The van der Waals surface area contributed by atoms with E-state index in [2.05, 4.69) is 4.99 Å². The van der Waals surface area contributed by atoms with Crippen LogP contribution in [0.25, 0.3) is 0 Å². The van der Waals surface area contributed by atoms with Crippen LogP contribution in [-0.4, -0.2) is 35.8 Å². The number of hydrogen-bond donors (Lipinski definition) is 0. The van der Waals surface area contributed by atoms with E-state index in [4.69, 9.17) is 0 Å². The van der Waals surface area contributed by atoms with Gasteiger partial charge in [-0.15, -0.1) is 0 Å². The number of hydrogen-bond acceptors (Lipinski definition) is 2. The topological polar surface area (TPSA) is 32.7 Å². The maximum Gasteiger partial charge on any atom is 0.215 e. The van der Waals surface area contributed by atoms with Gasteiger partial charge in [0.2, 0.25) is 6.17 Å². The van der Waals surface area contributed by atoms with Crippen LogP contribution in [0.4, 0.5) is 14.5 Å². The van der Waals surface area contributed by atoms with Crippen molar-refractivity contribution in [3.63, 3.8) is 0 Å². The summed E-state index contributed by atoms with van der Waals surface area (Å²) in [4.78, 5) is 16.8. The lowest BCUT2D eigenvalue weighted by atomic mass is 10.2. The van der Waals surface area contributed by atoms with E-state index in [0.717, 1.165) is 6.92 Å². The van der Waals surface area contributed by atoms with Crippen molar-refractivity contribution in [1.29, 1.82) is 0 Å². The molecule has 19 heavy (non-hydrogen) atoms. The number of aliphatic imine (C=N–C) groups is 1. The first-order valence-corrected chi connectivity index (χ1v) is 6.23. The first-order valence-electron chi connectivity index (χ1n) is 6.23. The second kappa shape index (κ2) is 6.97. The van der Waals surface area contributed by atoms with E-state index in [1.54, 1.807) is 11.0 Å². The molecule has 1 unspecified atom stereocenters. The zero-order valence-electron chi connectivity index (χ0n) is 11.4. The molecule has 0 N–H and O–H groups in total. The lowest BCUT2D eigenvalue weighted by molar-refractivity contribution is -0.119. The average molecular weight is 268 g/mol. The van der Waals surface area contributed by atoms with Gasteiger partial charge in [-0.25, -0.2) is 13.8 Å². The van der Waals surface area contributed by atoms with Gasteiger partial charge in [-0.2, -0.15) is 0 Å². The van der Waals surface area contributed by atoms with Gasteiger partial charge in [0, 0.05) is 13.1 Å². The van der Waals surface area contributed by atoms with Gasteiger partial charge in [-0.1, -0.05) is 12.1 Å². The van der Waals surface area contributed by atoms with Gasteiger partial charge in [-0.05, 0) is 32.9 Å². The molecule has 1 aromatic rings. The third-order valence-electron chi connectivity index (χ3n) is 2.76. The molecule has 1 aromatic carbocycles. The Balaban J connectivity index is 3.23. The molecule has 0 saturated carbocycles. The van der Waals surface area contributed by atoms with Gasteiger partial charge in [0.05, 0.1) is 0 Å². The molecule has 0 aliphatic heterocycles. The summed E-state index contributed by atoms with van der Waals surface area (Å²) in [6.45, 7) is 5.81. The Hall–Kier alpha value is -1.78. The zero-order valence-corrected chi connectivity index (χ0v) is 11.4. The van der Waals surface area contributed by atoms with Crippen LogP contribution in [0.3, 0.4) is 0 Å². The van der Waals surface area contributed by atoms with Gasteiger partial charge >= 0.3 is 0 Å². The van der Waals surface area contributed by atoms with Crippen LogP contribution in [0.15, 0.2) is 29.3 Å². The Morgan fingerprint density at radius 2 is 1.89 bits per heavy atom. The van der Waals surface area contributed by atoms with E-state index in [9.17, 15) is 13.6 Å². The molecule has 0 amide bonds. The van der Waals surface area contributed by atoms with Gasteiger partial charge in [-0.3, -0.25) is 4.79 Å². The van der Waals surface area contributed by atoms with Crippen molar-refractivity contribution in [1.82, 2.24) is 4.90 Å². The smallest absolute Gasteiger partial charge is 0.215 e.